The second-order valence-electron chi connectivity index (χ2n) is 6.26. The zero-order valence-electron chi connectivity index (χ0n) is 13.0. The Morgan fingerprint density at radius 1 is 1.23 bits per heavy atom. The van der Waals surface area contributed by atoms with E-state index in [1.807, 2.05) is 6.07 Å². The Morgan fingerprint density at radius 3 is 2.45 bits per heavy atom. The molecule has 0 aromatic heterocycles. The molecule has 1 aliphatic rings. The average molecular weight is 323 g/mol. The van der Waals surface area contributed by atoms with Gasteiger partial charge in [0.05, 0.1) is 17.9 Å². The number of likely N-dealkylation sites (tertiary alicyclic amines) is 1. The van der Waals surface area contributed by atoms with Crippen molar-refractivity contribution in [1.82, 2.24) is 4.90 Å². The predicted octanol–water partition coefficient (Wildman–Crippen LogP) is 2.54. The van der Waals surface area contributed by atoms with E-state index in [2.05, 4.69) is 0 Å². The van der Waals surface area contributed by atoms with Crippen LogP contribution < -0.4 is 0 Å². The highest BCUT2D eigenvalue weighted by Gasteiger charge is 2.37. The Morgan fingerprint density at radius 2 is 1.86 bits per heavy atom. The number of thioether (sulfide) groups is 1. The van der Waals surface area contributed by atoms with Crippen LogP contribution in [0.5, 0.6) is 0 Å². The fourth-order valence-electron chi connectivity index (χ4n) is 2.13. The molecule has 2 atom stereocenters. The van der Waals surface area contributed by atoms with Gasteiger partial charge in [0.25, 0.3) is 0 Å². The molecule has 22 heavy (non-hydrogen) atoms. The van der Waals surface area contributed by atoms with Crippen LogP contribution in [0.4, 0.5) is 4.79 Å². The third kappa shape index (κ3) is 4.48. The number of aliphatic hydroxyl groups excluding tert-OH is 1. The largest absolute Gasteiger partial charge is 0.444 e. The van der Waals surface area contributed by atoms with E-state index in [9.17, 15) is 14.7 Å². The van der Waals surface area contributed by atoms with Crippen molar-refractivity contribution in [3.05, 3.63) is 35.9 Å². The highest BCUT2D eigenvalue weighted by atomic mass is 32.2. The van der Waals surface area contributed by atoms with E-state index in [4.69, 9.17) is 4.74 Å². The minimum atomic E-state index is -0.731. The molecule has 2 rings (SSSR count). The van der Waals surface area contributed by atoms with Crippen LogP contribution in [0.2, 0.25) is 0 Å². The Bertz CT molecular complexity index is 541. The number of nitrogens with zero attached hydrogens (tertiary/aromatic N) is 1. The molecule has 1 aromatic rings. The van der Waals surface area contributed by atoms with Gasteiger partial charge in [-0.25, -0.2) is 4.79 Å². The van der Waals surface area contributed by atoms with Crippen LogP contribution in [0.1, 0.15) is 31.1 Å². The van der Waals surface area contributed by atoms with Gasteiger partial charge in [0, 0.05) is 12.1 Å². The van der Waals surface area contributed by atoms with Crippen LogP contribution in [0.25, 0.3) is 0 Å². The smallest absolute Gasteiger partial charge is 0.410 e. The number of ether oxygens (including phenoxy) is 1. The molecule has 1 aliphatic heterocycles. The average Bonchev–Trinajstić information content (AvgIpc) is 2.79. The van der Waals surface area contributed by atoms with Crippen molar-refractivity contribution in [2.45, 2.75) is 37.7 Å². The zero-order valence-corrected chi connectivity index (χ0v) is 13.8. The molecular formula is C16H21NO4S. The highest BCUT2D eigenvalue weighted by molar-refractivity contribution is 8.14. The minimum Gasteiger partial charge on any atom is -0.444 e. The first-order valence-electron chi connectivity index (χ1n) is 7.18. The van der Waals surface area contributed by atoms with Gasteiger partial charge < -0.3 is 14.7 Å². The van der Waals surface area contributed by atoms with E-state index in [0.29, 0.717) is 12.1 Å². The highest BCUT2D eigenvalue weighted by Crippen LogP contribution is 2.27. The van der Waals surface area contributed by atoms with Crippen molar-refractivity contribution in [1.29, 1.82) is 0 Å². The predicted molar refractivity (Wildman–Crippen MR) is 86.0 cm³/mol. The molecular weight excluding hydrogens is 302 g/mol. The van der Waals surface area contributed by atoms with Gasteiger partial charge in [-0.3, -0.25) is 4.79 Å². The molecule has 1 amide bonds. The summed E-state index contributed by atoms with van der Waals surface area (Å²) in [4.78, 5) is 25.6. The number of amides is 1. The van der Waals surface area contributed by atoms with E-state index < -0.39 is 17.8 Å². The summed E-state index contributed by atoms with van der Waals surface area (Å²) in [7, 11) is 0. The van der Waals surface area contributed by atoms with Gasteiger partial charge >= 0.3 is 6.09 Å². The van der Waals surface area contributed by atoms with Gasteiger partial charge in [0.2, 0.25) is 5.12 Å². The Kier molecular flexibility index (Phi) is 5.13. The quantitative estimate of drug-likeness (QED) is 0.906. The van der Waals surface area contributed by atoms with E-state index in [1.54, 1.807) is 45.0 Å². The third-order valence-electron chi connectivity index (χ3n) is 3.16. The maximum absolute atomic E-state index is 12.2. The van der Waals surface area contributed by atoms with E-state index in [0.717, 1.165) is 11.8 Å². The van der Waals surface area contributed by atoms with Crippen LogP contribution >= 0.6 is 11.8 Å². The van der Waals surface area contributed by atoms with Gasteiger partial charge in [-0.15, -0.1) is 0 Å². The molecule has 1 fully saturated rings. The van der Waals surface area contributed by atoms with Gasteiger partial charge in [-0.2, -0.15) is 0 Å². The number of aliphatic hydroxyl groups is 1. The summed E-state index contributed by atoms with van der Waals surface area (Å²) in [6.45, 7) is 5.88. The standard InChI is InChI=1S/C16H21NO4S/c1-16(2,3)21-15(20)17-9-12(18)13(10-17)22-14(19)11-7-5-4-6-8-11/h4-8,12-13,18H,9-10H2,1-3H3/t12-,13-/m1/s1. The van der Waals surface area contributed by atoms with Crippen LogP contribution in [-0.2, 0) is 4.74 Å². The number of carbonyl (C=O) groups is 2. The lowest BCUT2D eigenvalue weighted by atomic mass is 10.2. The lowest BCUT2D eigenvalue weighted by Crippen LogP contribution is -2.36. The van der Waals surface area contributed by atoms with E-state index in [1.165, 1.54) is 4.90 Å². The molecule has 1 heterocycles. The number of benzene rings is 1. The van der Waals surface area contributed by atoms with Crippen LogP contribution in [0.15, 0.2) is 30.3 Å². The van der Waals surface area contributed by atoms with Crippen molar-refractivity contribution in [3.63, 3.8) is 0 Å². The van der Waals surface area contributed by atoms with Crippen molar-refractivity contribution >= 4 is 23.0 Å². The maximum Gasteiger partial charge on any atom is 0.410 e. The summed E-state index contributed by atoms with van der Waals surface area (Å²) in [6.07, 6.45) is -1.19. The molecule has 0 radical (unpaired) electrons. The Balaban J connectivity index is 1.94. The second kappa shape index (κ2) is 6.71. The summed E-state index contributed by atoms with van der Waals surface area (Å²) in [5.74, 6) is 0. The molecule has 0 saturated carbocycles. The Hall–Kier alpha value is -1.53. The number of rotatable bonds is 2. The summed E-state index contributed by atoms with van der Waals surface area (Å²) < 4.78 is 5.29. The lowest BCUT2D eigenvalue weighted by molar-refractivity contribution is 0.0270. The van der Waals surface area contributed by atoms with Crippen LogP contribution in [0, 0.1) is 0 Å². The number of β-amino-alcohol motifs (C(OH)–C–C–N with tert-alkyl or cyclic N) is 1. The SMILES string of the molecule is CC(C)(C)OC(=O)N1C[C@@H](O)[C@H](SC(=O)c2ccccc2)C1. The van der Waals surface area contributed by atoms with Crippen molar-refractivity contribution in [3.8, 4) is 0 Å². The fraction of sp³-hybridized carbons (Fsp3) is 0.500. The first-order chi connectivity index (χ1) is 10.3. The summed E-state index contributed by atoms with van der Waals surface area (Å²) >= 11 is 1.07. The van der Waals surface area contributed by atoms with Gasteiger partial charge in [-0.05, 0) is 20.8 Å². The maximum atomic E-state index is 12.2. The molecule has 0 unspecified atom stereocenters. The molecule has 0 aliphatic carbocycles. The molecule has 0 bridgehead atoms. The molecule has 1 saturated heterocycles. The van der Waals surface area contributed by atoms with E-state index >= 15 is 0 Å². The topological polar surface area (TPSA) is 66.8 Å². The first kappa shape index (κ1) is 16.8. The van der Waals surface area contributed by atoms with Gasteiger partial charge in [0.1, 0.15) is 5.60 Å². The van der Waals surface area contributed by atoms with Crippen molar-refractivity contribution < 1.29 is 19.4 Å². The number of hydrogen-bond donors (Lipinski definition) is 1. The summed E-state index contributed by atoms with van der Waals surface area (Å²) in [6, 6.07) is 8.92. The third-order valence-corrected chi connectivity index (χ3v) is 4.37. The lowest BCUT2D eigenvalue weighted by Gasteiger charge is -2.24. The molecule has 120 valence electrons. The van der Waals surface area contributed by atoms with Crippen molar-refractivity contribution in [2.24, 2.45) is 0 Å². The molecule has 6 heteroatoms. The van der Waals surface area contributed by atoms with Gasteiger partial charge in [-0.1, -0.05) is 42.1 Å². The normalized spacial score (nSPS) is 21.7. The second-order valence-corrected chi connectivity index (χ2v) is 7.47. The molecule has 1 aromatic carbocycles. The monoisotopic (exact) mass is 323 g/mol. The van der Waals surface area contributed by atoms with Crippen LogP contribution in [-0.4, -0.2) is 51.3 Å². The first-order valence-corrected chi connectivity index (χ1v) is 8.06. The molecule has 1 N–H and O–H groups in total. The number of carbonyl (C=O) groups excluding carboxylic acids is 2. The summed E-state index contributed by atoms with van der Waals surface area (Å²) in [5.41, 5.74) is 0.0167. The fourth-order valence-corrected chi connectivity index (χ4v) is 3.17. The Labute approximate surface area is 134 Å². The summed E-state index contributed by atoms with van der Waals surface area (Å²) in [5, 5.41) is 9.65. The van der Waals surface area contributed by atoms with E-state index in [-0.39, 0.29) is 16.9 Å². The number of hydrogen-bond acceptors (Lipinski definition) is 5. The zero-order chi connectivity index (χ0) is 16.3. The van der Waals surface area contributed by atoms with Gasteiger partial charge in [0.15, 0.2) is 0 Å². The van der Waals surface area contributed by atoms with Crippen LogP contribution in [0.3, 0.4) is 0 Å². The molecule has 0 spiro atoms. The van der Waals surface area contributed by atoms with Crippen molar-refractivity contribution in [2.75, 3.05) is 13.1 Å². The molecule has 5 nitrogen and oxygen atoms in total. The minimum absolute atomic E-state index is 0.101.